The first-order chi connectivity index (χ1) is 7.41. The van der Waals surface area contributed by atoms with E-state index >= 15 is 0 Å². The van der Waals surface area contributed by atoms with E-state index in [9.17, 15) is 18.0 Å². The van der Waals surface area contributed by atoms with E-state index in [2.05, 4.69) is 0 Å². The number of halogens is 3. The van der Waals surface area contributed by atoms with Crippen molar-refractivity contribution in [3.63, 3.8) is 0 Å². The average molecular weight is 232 g/mol. The Morgan fingerprint density at radius 3 is 2.56 bits per heavy atom. The summed E-state index contributed by atoms with van der Waals surface area (Å²) in [5.41, 5.74) is -0.0961. The van der Waals surface area contributed by atoms with Gasteiger partial charge in [-0.2, -0.15) is 0 Å². The molecule has 2 nitrogen and oxygen atoms in total. The topological polar surface area (TPSA) is 37.3 Å². The first-order valence-corrected chi connectivity index (χ1v) is 4.75. The molecule has 0 aromatic heterocycles. The number of rotatable bonds is 4. The summed E-state index contributed by atoms with van der Waals surface area (Å²) >= 11 is 0. The lowest BCUT2D eigenvalue weighted by Gasteiger charge is -2.08. The maximum atomic E-state index is 13.2. The average Bonchev–Trinajstić information content (AvgIpc) is 2.19. The highest BCUT2D eigenvalue weighted by Gasteiger charge is 2.14. The van der Waals surface area contributed by atoms with Crippen LogP contribution in [0.25, 0.3) is 0 Å². The number of carboxylic acids is 1. The van der Waals surface area contributed by atoms with Gasteiger partial charge in [0.15, 0.2) is 11.6 Å². The second-order valence-corrected chi connectivity index (χ2v) is 3.49. The molecule has 0 saturated carbocycles. The molecular weight excluding hydrogens is 221 g/mol. The van der Waals surface area contributed by atoms with Gasteiger partial charge in [0.2, 0.25) is 0 Å². The number of aryl methyl sites for hydroxylation is 1. The highest BCUT2D eigenvalue weighted by atomic mass is 19.2. The molecule has 5 heteroatoms. The summed E-state index contributed by atoms with van der Waals surface area (Å²) in [5, 5.41) is 8.42. The van der Waals surface area contributed by atoms with Crippen LogP contribution in [0.5, 0.6) is 0 Å². The third-order valence-electron chi connectivity index (χ3n) is 2.19. The summed E-state index contributed by atoms with van der Waals surface area (Å²) in [6.45, 7) is 1.20. The molecule has 0 bridgehead atoms. The lowest BCUT2D eigenvalue weighted by molar-refractivity contribution is -0.136. The second-order valence-electron chi connectivity index (χ2n) is 3.49. The van der Waals surface area contributed by atoms with Crippen molar-refractivity contribution >= 4 is 5.97 Å². The highest BCUT2D eigenvalue weighted by Crippen LogP contribution is 2.23. The molecule has 1 atom stereocenters. The lowest BCUT2D eigenvalue weighted by Crippen LogP contribution is -2.03. The molecule has 1 rings (SSSR count). The standard InChI is InChI=1S/C11H11F3O2/c1-6(12)8-4-7(2-3-10(15)16)11(14)9(13)5-8/h4-6H,2-3H2,1H3,(H,15,16). The molecule has 0 saturated heterocycles. The van der Waals surface area contributed by atoms with E-state index in [0.717, 1.165) is 12.1 Å². The Morgan fingerprint density at radius 1 is 1.44 bits per heavy atom. The predicted octanol–water partition coefficient (Wildman–Crippen LogP) is 3.01. The number of hydrogen-bond donors (Lipinski definition) is 1. The van der Waals surface area contributed by atoms with Crippen molar-refractivity contribution in [3.8, 4) is 0 Å². The second kappa shape index (κ2) is 5.01. The molecule has 0 aliphatic heterocycles. The number of hydrogen-bond acceptors (Lipinski definition) is 1. The molecule has 88 valence electrons. The third-order valence-corrected chi connectivity index (χ3v) is 2.19. The van der Waals surface area contributed by atoms with Crippen LogP contribution in [0.1, 0.15) is 30.6 Å². The maximum absolute atomic E-state index is 13.2. The summed E-state index contributed by atoms with van der Waals surface area (Å²) in [6.07, 6.45) is -1.89. The third kappa shape index (κ3) is 2.98. The Balaban J connectivity index is 3.01. The lowest BCUT2D eigenvalue weighted by atomic mass is 10.0. The van der Waals surface area contributed by atoms with Crippen molar-refractivity contribution in [2.45, 2.75) is 25.9 Å². The van der Waals surface area contributed by atoms with Crippen molar-refractivity contribution in [1.29, 1.82) is 0 Å². The molecule has 0 fully saturated rings. The first kappa shape index (κ1) is 12.5. The molecule has 1 N–H and O–H groups in total. The van der Waals surface area contributed by atoms with Crippen molar-refractivity contribution < 1.29 is 23.1 Å². The van der Waals surface area contributed by atoms with Gasteiger partial charge in [-0.25, -0.2) is 13.2 Å². The van der Waals surface area contributed by atoms with Crippen LogP contribution in [0.3, 0.4) is 0 Å². The van der Waals surface area contributed by atoms with Crippen LogP contribution in [-0.2, 0) is 11.2 Å². The van der Waals surface area contributed by atoms with Crippen molar-refractivity contribution in [3.05, 3.63) is 34.9 Å². The van der Waals surface area contributed by atoms with Gasteiger partial charge < -0.3 is 5.11 Å². The smallest absolute Gasteiger partial charge is 0.303 e. The van der Waals surface area contributed by atoms with Crippen LogP contribution in [0.2, 0.25) is 0 Å². The number of aliphatic carboxylic acids is 1. The summed E-state index contributed by atoms with van der Waals surface area (Å²) in [4.78, 5) is 10.3. The fourth-order valence-corrected chi connectivity index (χ4v) is 1.32. The van der Waals surface area contributed by atoms with Gasteiger partial charge in [-0.15, -0.1) is 0 Å². The van der Waals surface area contributed by atoms with Crippen molar-refractivity contribution in [2.75, 3.05) is 0 Å². The SMILES string of the molecule is CC(F)c1cc(F)c(F)c(CCC(=O)O)c1. The number of alkyl halides is 1. The molecule has 0 amide bonds. The molecule has 0 spiro atoms. The van der Waals surface area contributed by atoms with Crippen LogP contribution in [0, 0.1) is 11.6 Å². The molecule has 1 aromatic rings. The van der Waals surface area contributed by atoms with Gasteiger partial charge in [-0.1, -0.05) is 0 Å². The monoisotopic (exact) mass is 232 g/mol. The van der Waals surface area contributed by atoms with Gasteiger partial charge in [0, 0.05) is 6.42 Å². The number of benzene rings is 1. The van der Waals surface area contributed by atoms with Gasteiger partial charge >= 0.3 is 5.97 Å². The number of carboxylic acid groups (broad SMARTS) is 1. The summed E-state index contributed by atoms with van der Waals surface area (Å²) < 4.78 is 39.2. The minimum Gasteiger partial charge on any atom is -0.481 e. The molecule has 0 aliphatic carbocycles. The van der Waals surface area contributed by atoms with Gasteiger partial charge in [-0.05, 0) is 36.6 Å². The summed E-state index contributed by atoms with van der Waals surface area (Å²) in [6, 6.07) is 1.94. The van der Waals surface area contributed by atoms with E-state index in [4.69, 9.17) is 5.11 Å². The molecule has 16 heavy (non-hydrogen) atoms. The Kier molecular flexibility index (Phi) is 3.93. The number of carbonyl (C=O) groups is 1. The van der Waals surface area contributed by atoms with Crippen molar-refractivity contribution in [2.24, 2.45) is 0 Å². The van der Waals surface area contributed by atoms with E-state index in [1.54, 1.807) is 0 Å². The van der Waals surface area contributed by atoms with Crippen molar-refractivity contribution in [1.82, 2.24) is 0 Å². The normalized spacial score (nSPS) is 12.5. The van der Waals surface area contributed by atoms with Gasteiger partial charge in [-0.3, -0.25) is 4.79 Å². The Morgan fingerprint density at radius 2 is 2.06 bits per heavy atom. The highest BCUT2D eigenvalue weighted by molar-refractivity contribution is 5.67. The zero-order valence-electron chi connectivity index (χ0n) is 8.64. The fourth-order valence-electron chi connectivity index (χ4n) is 1.32. The minimum absolute atomic E-state index is 0.0132. The minimum atomic E-state index is -1.42. The fraction of sp³-hybridized carbons (Fsp3) is 0.364. The van der Waals surface area contributed by atoms with Crippen LogP contribution in [-0.4, -0.2) is 11.1 Å². The van der Waals surface area contributed by atoms with Gasteiger partial charge in [0.25, 0.3) is 0 Å². The van der Waals surface area contributed by atoms with E-state index in [1.807, 2.05) is 0 Å². The van der Waals surface area contributed by atoms with E-state index in [0.29, 0.717) is 0 Å². The Bertz CT molecular complexity index is 402. The first-order valence-electron chi connectivity index (χ1n) is 4.75. The zero-order valence-corrected chi connectivity index (χ0v) is 8.64. The summed E-state index contributed by atoms with van der Waals surface area (Å²) in [5.74, 6) is -3.37. The molecule has 1 aromatic carbocycles. The molecular formula is C11H11F3O2. The molecule has 0 heterocycles. The van der Waals surface area contributed by atoms with Crippen LogP contribution < -0.4 is 0 Å². The van der Waals surface area contributed by atoms with E-state index in [1.165, 1.54) is 6.92 Å². The van der Waals surface area contributed by atoms with Crippen LogP contribution in [0.4, 0.5) is 13.2 Å². The summed E-state index contributed by atoms with van der Waals surface area (Å²) in [7, 11) is 0. The van der Waals surface area contributed by atoms with Gasteiger partial charge in [0.05, 0.1) is 0 Å². The van der Waals surface area contributed by atoms with E-state index in [-0.39, 0.29) is 24.0 Å². The molecule has 0 aliphatic rings. The van der Waals surface area contributed by atoms with Crippen LogP contribution >= 0.6 is 0 Å². The van der Waals surface area contributed by atoms with E-state index < -0.39 is 23.8 Å². The zero-order chi connectivity index (χ0) is 12.3. The quantitative estimate of drug-likeness (QED) is 0.866. The Hall–Kier alpha value is -1.52. The Labute approximate surface area is 90.7 Å². The van der Waals surface area contributed by atoms with Crippen LogP contribution in [0.15, 0.2) is 12.1 Å². The largest absolute Gasteiger partial charge is 0.481 e. The maximum Gasteiger partial charge on any atom is 0.303 e. The molecule has 1 unspecified atom stereocenters. The molecule has 0 radical (unpaired) electrons. The van der Waals surface area contributed by atoms with Gasteiger partial charge in [0.1, 0.15) is 6.17 Å². The predicted molar refractivity (Wildman–Crippen MR) is 51.8 cm³/mol.